The summed E-state index contributed by atoms with van der Waals surface area (Å²) in [6.45, 7) is 6.35. The highest BCUT2D eigenvalue weighted by atomic mass is 16.6. The lowest BCUT2D eigenvalue weighted by Gasteiger charge is -2.32. The number of rotatable bonds is 26. The Bertz CT molecular complexity index is 927. The van der Waals surface area contributed by atoms with Gasteiger partial charge in [0.25, 0.3) is 0 Å². The third-order valence-corrected chi connectivity index (χ3v) is 6.83. The van der Waals surface area contributed by atoms with E-state index in [1.54, 1.807) is 14.7 Å². The lowest BCUT2D eigenvalue weighted by molar-refractivity contribution is -0.140. The van der Waals surface area contributed by atoms with Crippen LogP contribution in [0.2, 0.25) is 0 Å². The Hall–Kier alpha value is -3.17. The van der Waals surface area contributed by atoms with Gasteiger partial charge in [0, 0.05) is 70.4 Å². The summed E-state index contributed by atoms with van der Waals surface area (Å²) < 4.78 is 26.9. The Kier molecular flexibility index (Phi) is 25.7. The molecule has 1 aliphatic heterocycles. The Morgan fingerprint density at radius 1 is 0.542 bits per heavy atom. The van der Waals surface area contributed by atoms with Crippen LogP contribution in [-0.2, 0) is 42.9 Å². The molecule has 0 aromatic carbocycles. The lowest BCUT2D eigenvalue weighted by Crippen LogP contribution is -2.50. The van der Waals surface area contributed by atoms with Gasteiger partial charge < -0.3 is 44.3 Å². The second kappa shape index (κ2) is 28.8. The number of amides is 1. The highest BCUT2D eigenvalue weighted by Crippen LogP contribution is 2.01. The van der Waals surface area contributed by atoms with E-state index >= 15 is 0 Å². The van der Waals surface area contributed by atoms with Crippen LogP contribution < -0.4 is 5.32 Å². The number of carbonyl (C=O) groups excluding carboxylic acids is 1. The van der Waals surface area contributed by atoms with Crippen molar-refractivity contribution in [3.05, 3.63) is 10.4 Å². The summed E-state index contributed by atoms with van der Waals surface area (Å²) in [6, 6.07) is 0. The molecule has 1 saturated heterocycles. The Balaban J connectivity index is 2.30. The van der Waals surface area contributed by atoms with Crippen LogP contribution >= 0.6 is 0 Å². The minimum Gasteiger partial charge on any atom is -0.480 e. The molecule has 0 aromatic heterocycles. The first-order valence-electron chi connectivity index (χ1n) is 15.9. The summed E-state index contributed by atoms with van der Waals surface area (Å²) in [5.74, 6) is -3.29. The Labute approximate surface area is 280 Å². The molecule has 4 N–H and O–H groups in total. The van der Waals surface area contributed by atoms with Crippen LogP contribution in [0.5, 0.6) is 0 Å². The molecule has 1 heterocycles. The molecule has 1 fully saturated rings. The van der Waals surface area contributed by atoms with Gasteiger partial charge in [-0.05, 0) is 5.53 Å². The average Bonchev–Trinajstić information content (AvgIpc) is 3.02. The van der Waals surface area contributed by atoms with Crippen molar-refractivity contribution in [1.29, 1.82) is 0 Å². The van der Waals surface area contributed by atoms with Crippen molar-refractivity contribution in [2.45, 2.75) is 0 Å². The zero-order valence-electron chi connectivity index (χ0n) is 27.6. The third kappa shape index (κ3) is 25.9. The smallest absolute Gasteiger partial charge is 0.317 e. The number of carboxylic acid groups (broad SMARTS) is 3. The van der Waals surface area contributed by atoms with Crippen molar-refractivity contribution in [2.24, 2.45) is 5.11 Å². The fraction of sp³-hybridized carbons (Fsp3) is 0.857. The number of azide groups is 1. The maximum atomic E-state index is 12.7. The lowest BCUT2D eigenvalue weighted by atomic mass is 10.3. The minimum atomic E-state index is -1.02. The second-order valence-electron chi connectivity index (χ2n) is 10.7. The summed E-state index contributed by atoms with van der Waals surface area (Å²) in [7, 11) is 0. The standard InChI is InChI=1S/C28H52N8O12/c29-32-31-2-12-45-14-16-47-18-20-48-19-17-46-15-13-44-11-1-30-25(37)21-33-3-5-34(22-26(38)39)7-9-36(24-28(42)43)10-8-35(6-4-33)23-27(40)41/h1-24H2,(H,30,37)(H,38,39)(H,40,41)(H,42,43). The van der Waals surface area contributed by atoms with Crippen LogP contribution in [0.15, 0.2) is 5.11 Å². The van der Waals surface area contributed by atoms with Crippen molar-refractivity contribution in [1.82, 2.24) is 24.9 Å². The molecule has 0 spiro atoms. The second-order valence-corrected chi connectivity index (χ2v) is 10.7. The van der Waals surface area contributed by atoms with Crippen LogP contribution in [0.3, 0.4) is 0 Å². The summed E-state index contributed by atoms with van der Waals surface area (Å²) in [4.78, 5) is 56.4. The van der Waals surface area contributed by atoms with Gasteiger partial charge in [-0.25, -0.2) is 0 Å². The van der Waals surface area contributed by atoms with E-state index in [9.17, 15) is 34.5 Å². The van der Waals surface area contributed by atoms with Gasteiger partial charge in [0.05, 0.1) is 92.2 Å². The van der Waals surface area contributed by atoms with Gasteiger partial charge in [0.15, 0.2) is 0 Å². The van der Waals surface area contributed by atoms with Gasteiger partial charge in [-0.15, -0.1) is 0 Å². The van der Waals surface area contributed by atoms with Gasteiger partial charge in [-0.3, -0.25) is 38.8 Å². The molecular formula is C28H52N8O12. The molecule has 48 heavy (non-hydrogen) atoms. The molecule has 1 rings (SSSR count). The fourth-order valence-electron chi connectivity index (χ4n) is 4.44. The van der Waals surface area contributed by atoms with Crippen molar-refractivity contribution < 1.29 is 58.2 Å². The highest BCUT2D eigenvalue weighted by molar-refractivity contribution is 5.78. The monoisotopic (exact) mass is 692 g/mol. The van der Waals surface area contributed by atoms with E-state index < -0.39 is 17.9 Å². The zero-order chi connectivity index (χ0) is 35.2. The van der Waals surface area contributed by atoms with E-state index in [0.29, 0.717) is 118 Å². The number of carboxylic acids is 3. The number of carbonyl (C=O) groups is 4. The van der Waals surface area contributed by atoms with Crippen LogP contribution in [0.1, 0.15) is 0 Å². The molecule has 20 heteroatoms. The van der Waals surface area contributed by atoms with E-state index in [0.717, 1.165) is 0 Å². The third-order valence-electron chi connectivity index (χ3n) is 6.83. The molecule has 1 amide bonds. The van der Waals surface area contributed by atoms with Gasteiger partial charge in [0.2, 0.25) is 5.91 Å². The molecular weight excluding hydrogens is 640 g/mol. The first-order chi connectivity index (χ1) is 23.2. The summed E-state index contributed by atoms with van der Waals surface area (Å²) in [5, 5.41) is 34.1. The van der Waals surface area contributed by atoms with Crippen molar-refractivity contribution >= 4 is 23.8 Å². The first kappa shape index (κ1) is 42.9. The number of nitrogens with one attached hydrogen (secondary N) is 1. The van der Waals surface area contributed by atoms with Crippen molar-refractivity contribution in [3.8, 4) is 0 Å². The molecule has 276 valence electrons. The number of aliphatic carboxylic acids is 3. The molecule has 0 radical (unpaired) electrons. The molecule has 0 bridgehead atoms. The van der Waals surface area contributed by atoms with E-state index in [1.807, 2.05) is 4.90 Å². The molecule has 0 aromatic rings. The van der Waals surface area contributed by atoms with Crippen LogP contribution in [0, 0.1) is 0 Å². The SMILES string of the molecule is [N-]=[N+]=NCCOCCOCCOCCOCCOCCNC(=O)CN1CCN(CC(=O)O)CCN(CC(=O)O)CCN(CC(=O)O)CC1. The quantitative estimate of drug-likeness (QED) is 0.0330. The zero-order valence-corrected chi connectivity index (χ0v) is 27.6. The largest absolute Gasteiger partial charge is 0.480 e. The minimum absolute atomic E-state index is 0.0355. The predicted octanol–water partition coefficient (Wildman–Crippen LogP) is -2.03. The summed E-state index contributed by atoms with van der Waals surface area (Å²) in [5.41, 5.74) is 8.16. The van der Waals surface area contributed by atoms with E-state index in [1.165, 1.54) is 0 Å². The molecule has 1 aliphatic rings. The number of hydrogen-bond acceptors (Lipinski definition) is 14. The molecule has 0 unspecified atom stereocenters. The normalized spacial score (nSPS) is 16.0. The average molecular weight is 693 g/mol. The number of nitrogens with zero attached hydrogens (tertiary/aromatic N) is 7. The number of ether oxygens (including phenoxy) is 5. The van der Waals surface area contributed by atoms with Gasteiger partial charge in [-0.1, -0.05) is 5.11 Å². The van der Waals surface area contributed by atoms with E-state index in [-0.39, 0.29) is 45.2 Å². The maximum absolute atomic E-state index is 12.7. The fourth-order valence-corrected chi connectivity index (χ4v) is 4.44. The van der Waals surface area contributed by atoms with Crippen LogP contribution in [-0.4, -0.2) is 216 Å². The highest BCUT2D eigenvalue weighted by Gasteiger charge is 2.21. The van der Waals surface area contributed by atoms with E-state index in [4.69, 9.17) is 29.2 Å². The molecule has 20 nitrogen and oxygen atoms in total. The van der Waals surface area contributed by atoms with Crippen molar-refractivity contribution in [3.63, 3.8) is 0 Å². The Morgan fingerprint density at radius 2 is 0.854 bits per heavy atom. The molecule has 0 aliphatic carbocycles. The van der Waals surface area contributed by atoms with Gasteiger partial charge >= 0.3 is 17.9 Å². The van der Waals surface area contributed by atoms with Crippen molar-refractivity contribution in [2.75, 3.05) is 158 Å². The first-order valence-corrected chi connectivity index (χ1v) is 15.9. The van der Waals surface area contributed by atoms with Gasteiger partial charge in [0.1, 0.15) is 0 Å². The summed E-state index contributed by atoms with van der Waals surface area (Å²) in [6.07, 6.45) is 0. The number of hydrogen-bond donors (Lipinski definition) is 4. The molecule has 0 atom stereocenters. The topological polar surface area (TPSA) is 249 Å². The van der Waals surface area contributed by atoms with E-state index in [2.05, 4.69) is 15.3 Å². The van der Waals surface area contributed by atoms with Crippen LogP contribution in [0.25, 0.3) is 10.4 Å². The predicted molar refractivity (Wildman–Crippen MR) is 170 cm³/mol. The van der Waals surface area contributed by atoms with Gasteiger partial charge in [-0.2, -0.15) is 0 Å². The maximum Gasteiger partial charge on any atom is 0.317 e. The Morgan fingerprint density at radius 3 is 1.19 bits per heavy atom. The molecule has 0 saturated carbocycles. The van der Waals surface area contributed by atoms with Crippen LogP contribution in [0.4, 0.5) is 0 Å². The summed E-state index contributed by atoms with van der Waals surface area (Å²) >= 11 is 0.